The monoisotopic (exact) mass is 425 g/mol. The van der Waals surface area contributed by atoms with Crippen molar-refractivity contribution < 1.29 is 4.39 Å². The van der Waals surface area contributed by atoms with Crippen LogP contribution in [0, 0.1) is 5.82 Å². The minimum Gasteiger partial charge on any atom is -0.368 e. The molecule has 0 radical (unpaired) electrons. The Kier molecular flexibility index (Phi) is 4.77. The van der Waals surface area contributed by atoms with E-state index in [4.69, 9.17) is 11.6 Å². The summed E-state index contributed by atoms with van der Waals surface area (Å²) < 4.78 is 18.8. The van der Waals surface area contributed by atoms with Crippen LogP contribution in [-0.2, 0) is 0 Å². The van der Waals surface area contributed by atoms with Gasteiger partial charge < -0.3 is 9.80 Å². The molecule has 1 aliphatic heterocycles. The molecule has 0 unspecified atom stereocenters. The van der Waals surface area contributed by atoms with Gasteiger partial charge in [0.25, 0.3) is 0 Å². The number of piperazine rings is 1. The van der Waals surface area contributed by atoms with Gasteiger partial charge in [0.05, 0.1) is 0 Å². The van der Waals surface area contributed by atoms with Gasteiger partial charge >= 0.3 is 0 Å². The maximum absolute atomic E-state index is 13.2. The number of hydrogen-bond acceptors (Lipinski definition) is 6. The van der Waals surface area contributed by atoms with Gasteiger partial charge in [0.1, 0.15) is 28.1 Å². The predicted octanol–water partition coefficient (Wildman–Crippen LogP) is 4.87. The van der Waals surface area contributed by atoms with Crippen LogP contribution in [-0.4, -0.2) is 40.5 Å². The van der Waals surface area contributed by atoms with E-state index in [1.165, 1.54) is 23.7 Å². The molecule has 5 rings (SSSR count). The fraction of sp³-hybridized carbons (Fsp3) is 0.190. The van der Waals surface area contributed by atoms with Crippen molar-refractivity contribution >= 4 is 44.9 Å². The number of rotatable bonds is 3. The summed E-state index contributed by atoms with van der Waals surface area (Å²) in [7, 11) is 0. The van der Waals surface area contributed by atoms with Crippen molar-refractivity contribution in [2.24, 2.45) is 0 Å². The SMILES string of the molecule is Fc1ccc(N2CCN(c3ncnc4c(-c5ccc(Cl)cc5)nsc34)CC2)cc1. The van der Waals surface area contributed by atoms with Crippen LogP contribution in [0.15, 0.2) is 54.9 Å². The molecule has 0 amide bonds. The first kappa shape index (κ1) is 18.3. The molecule has 3 heterocycles. The Morgan fingerprint density at radius 1 is 0.862 bits per heavy atom. The topological polar surface area (TPSA) is 45.2 Å². The van der Waals surface area contributed by atoms with Gasteiger partial charge in [-0.3, -0.25) is 0 Å². The van der Waals surface area contributed by atoms with Crippen molar-refractivity contribution in [1.29, 1.82) is 0 Å². The van der Waals surface area contributed by atoms with E-state index in [9.17, 15) is 4.39 Å². The molecule has 1 saturated heterocycles. The molecule has 0 atom stereocenters. The zero-order chi connectivity index (χ0) is 19.8. The Labute approximate surface area is 176 Å². The fourth-order valence-corrected chi connectivity index (χ4v) is 4.60. The van der Waals surface area contributed by atoms with Gasteiger partial charge in [-0.1, -0.05) is 23.7 Å². The number of aromatic nitrogens is 3. The van der Waals surface area contributed by atoms with E-state index in [0.29, 0.717) is 5.02 Å². The molecule has 2 aromatic heterocycles. The second kappa shape index (κ2) is 7.57. The lowest BCUT2D eigenvalue weighted by Crippen LogP contribution is -2.46. The van der Waals surface area contributed by atoms with Crippen molar-refractivity contribution in [3.8, 4) is 11.3 Å². The average molecular weight is 426 g/mol. The smallest absolute Gasteiger partial charge is 0.151 e. The maximum atomic E-state index is 13.2. The standard InChI is InChI=1S/C21H17ClFN5S/c22-15-3-1-14(2-4-15)18-19-20(29-26-18)21(25-13-24-19)28-11-9-27(10-12-28)17-7-5-16(23)6-8-17/h1-8,13H,9-12H2. The van der Waals surface area contributed by atoms with Crippen LogP contribution in [0.4, 0.5) is 15.9 Å². The van der Waals surface area contributed by atoms with Crippen LogP contribution in [0.1, 0.15) is 0 Å². The Balaban J connectivity index is 1.40. The van der Waals surface area contributed by atoms with Gasteiger partial charge in [-0.2, -0.15) is 4.37 Å². The lowest BCUT2D eigenvalue weighted by molar-refractivity contribution is 0.624. The summed E-state index contributed by atoms with van der Waals surface area (Å²) in [5.41, 5.74) is 3.76. The number of halogens is 2. The molecule has 29 heavy (non-hydrogen) atoms. The quantitative estimate of drug-likeness (QED) is 0.468. The molecule has 146 valence electrons. The van der Waals surface area contributed by atoms with Crippen molar-refractivity contribution in [1.82, 2.24) is 14.3 Å². The number of fused-ring (bicyclic) bond motifs is 1. The summed E-state index contributed by atoms with van der Waals surface area (Å²) in [6.07, 6.45) is 1.61. The van der Waals surface area contributed by atoms with Gasteiger partial charge in [0.15, 0.2) is 5.82 Å². The lowest BCUT2D eigenvalue weighted by atomic mass is 10.1. The van der Waals surface area contributed by atoms with E-state index in [1.54, 1.807) is 6.33 Å². The van der Waals surface area contributed by atoms with Gasteiger partial charge in [-0.25, -0.2) is 14.4 Å². The molecule has 4 aromatic rings. The predicted molar refractivity (Wildman–Crippen MR) is 116 cm³/mol. The first-order chi connectivity index (χ1) is 14.2. The van der Waals surface area contributed by atoms with E-state index in [1.807, 2.05) is 36.4 Å². The van der Waals surface area contributed by atoms with Crippen molar-refractivity contribution in [3.63, 3.8) is 0 Å². The van der Waals surface area contributed by atoms with Crippen LogP contribution in [0.5, 0.6) is 0 Å². The molecule has 0 aliphatic carbocycles. The van der Waals surface area contributed by atoms with Crippen molar-refractivity contribution in [3.05, 3.63) is 65.7 Å². The molecule has 1 fully saturated rings. The highest BCUT2D eigenvalue weighted by atomic mass is 35.5. The zero-order valence-electron chi connectivity index (χ0n) is 15.4. The van der Waals surface area contributed by atoms with E-state index in [-0.39, 0.29) is 5.82 Å². The number of anilines is 2. The number of nitrogens with zero attached hydrogens (tertiary/aromatic N) is 5. The Morgan fingerprint density at radius 3 is 2.28 bits per heavy atom. The summed E-state index contributed by atoms with van der Waals surface area (Å²) in [6, 6.07) is 14.3. The third-order valence-electron chi connectivity index (χ3n) is 5.13. The highest BCUT2D eigenvalue weighted by Gasteiger charge is 2.22. The summed E-state index contributed by atoms with van der Waals surface area (Å²) >= 11 is 7.44. The normalized spacial score (nSPS) is 14.6. The molecule has 0 spiro atoms. The molecule has 2 aromatic carbocycles. The lowest BCUT2D eigenvalue weighted by Gasteiger charge is -2.36. The second-order valence-corrected chi connectivity index (χ2v) is 8.07. The first-order valence-corrected chi connectivity index (χ1v) is 10.5. The molecular weight excluding hydrogens is 409 g/mol. The molecule has 5 nitrogen and oxygen atoms in total. The minimum absolute atomic E-state index is 0.211. The number of benzene rings is 2. The highest BCUT2D eigenvalue weighted by molar-refractivity contribution is 7.14. The Bertz CT molecular complexity index is 1140. The van der Waals surface area contributed by atoms with Gasteiger partial charge in [-0.15, -0.1) is 0 Å². The van der Waals surface area contributed by atoms with Crippen molar-refractivity contribution in [2.45, 2.75) is 0 Å². The van der Waals surface area contributed by atoms with Crippen LogP contribution >= 0.6 is 23.1 Å². The van der Waals surface area contributed by atoms with Gasteiger partial charge in [0, 0.05) is 42.5 Å². The molecule has 8 heteroatoms. The molecule has 0 N–H and O–H groups in total. The zero-order valence-corrected chi connectivity index (χ0v) is 17.0. The first-order valence-electron chi connectivity index (χ1n) is 9.31. The average Bonchev–Trinajstić information content (AvgIpc) is 3.19. The molecule has 0 bridgehead atoms. The van der Waals surface area contributed by atoms with Crippen molar-refractivity contribution in [2.75, 3.05) is 36.0 Å². The Morgan fingerprint density at radius 2 is 1.55 bits per heavy atom. The van der Waals surface area contributed by atoms with Gasteiger partial charge in [0.2, 0.25) is 0 Å². The van der Waals surface area contributed by atoms with E-state index in [0.717, 1.165) is 59.2 Å². The molecule has 1 aliphatic rings. The van der Waals surface area contributed by atoms with Crippen LogP contribution in [0.3, 0.4) is 0 Å². The fourth-order valence-electron chi connectivity index (χ4n) is 3.60. The van der Waals surface area contributed by atoms with E-state index < -0.39 is 0 Å². The number of hydrogen-bond donors (Lipinski definition) is 0. The molecule has 0 saturated carbocycles. The van der Waals surface area contributed by atoms with Crippen LogP contribution in [0.2, 0.25) is 5.02 Å². The third-order valence-corrected chi connectivity index (χ3v) is 6.21. The molecular formula is C21H17ClFN5S. The highest BCUT2D eigenvalue weighted by Crippen LogP contribution is 2.35. The minimum atomic E-state index is -0.211. The van der Waals surface area contributed by atoms with Crippen LogP contribution in [0.25, 0.3) is 21.5 Å². The summed E-state index contributed by atoms with van der Waals surface area (Å²) in [5, 5.41) is 0.697. The van der Waals surface area contributed by atoms with Crippen LogP contribution < -0.4 is 9.80 Å². The van der Waals surface area contributed by atoms with E-state index >= 15 is 0 Å². The summed E-state index contributed by atoms with van der Waals surface area (Å²) in [6.45, 7) is 3.36. The maximum Gasteiger partial charge on any atom is 0.151 e. The van der Waals surface area contributed by atoms with E-state index in [2.05, 4.69) is 24.1 Å². The third kappa shape index (κ3) is 3.52. The van der Waals surface area contributed by atoms with Gasteiger partial charge in [-0.05, 0) is 47.9 Å². The summed E-state index contributed by atoms with van der Waals surface area (Å²) in [4.78, 5) is 13.6. The largest absolute Gasteiger partial charge is 0.368 e. The summed E-state index contributed by atoms with van der Waals surface area (Å²) in [5.74, 6) is 0.712. The second-order valence-electron chi connectivity index (χ2n) is 6.86. The Hall–Kier alpha value is -2.77.